The van der Waals surface area contributed by atoms with Gasteiger partial charge in [-0.15, -0.1) is 0 Å². The molecular weight excluding hydrogens is 372 g/mol. The standard InChI is InChI=1S/C18H15BrN2O3/c1-2-24-16-9-8-12(11-15(16)19)10-14-17(22)20-21(18(14)23)13-6-4-3-5-7-13/h3-11H,2H2,1H3,(H,20,22)/b14-10-. The Morgan fingerprint density at radius 2 is 1.92 bits per heavy atom. The van der Waals surface area contributed by atoms with E-state index in [1.165, 1.54) is 5.01 Å². The van der Waals surface area contributed by atoms with Gasteiger partial charge in [-0.05, 0) is 58.8 Å². The predicted molar refractivity (Wildman–Crippen MR) is 95.4 cm³/mol. The van der Waals surface area contributed by atoms with Crippen molar-refractivity contribution in [2.45, 2.75) is 6.92 Å². The van der Waals surface area contributed by atoms with Crippen LogP contribution in [0.1, 0.15) is 12.5 Å². The first-order chi connectivity index (χ1) is 11.6. The van der Waals surface area contributed by atoms with Crippen molar-refractivity contribution in [1.82, 2.24) is 5.43 Å². The van der Waals surface area contributed by atoms with Crippen molar-refractivity contribution in [2.75, 3.05) is 11.6 Å². The molecule has 2 amide bonds. The van der Waals surface area contributed by atoms with Gasteiger partial charge in [0.15, 0.2) is 0 Å². The Hall–Kier alpha value is -2.60. The van der Waals surface area contributed by atoms with E-state index in [0.29, 0.717) is 18.0 Å². The number of para-hydroxylation sites is 1. The van der Waals surface area contributed by atoms with E-state index >= 15 is 0 Å². The van der Waals surface area contributed by atoms with Gasteiger partial charge in [-0.25, -0.2) is 5.01 Å². The molecule has 24 heavy (non-hydrogen) atoms. The highest BCUT2D eigenvalue weighted by Crippen LogP contribution is 2.28. The van der Waals surface area contributed by atoms with Crippen LogP contribution in [0.15, 0.2) is 58.6 Å². The molecule has 5 nitrogen and oxygen atoms in total. The number of halogens is 1. The van der Waals surface area contributed by atoms with Crippen molar-refractivity contribution >= 4 is 39.5 Å². The van der Waals surface area contributed by atoms with Crippen LogP contribution in [0.2, 0.25) is 0 Å². The summed E-state index contributed by atoms with van der Waals surface area (Å²) in [6.07, 6.45) is 1.57. The lowest BCUT2D eigenvalue weighted by atomic mass is 10.1. The van der Waals surface area contributed by atoms with Gasteiger partial charge in [0.25, 0.3) is 11.8 Å². The number of nitrogens with zero attached hydrogens (tertiary/aromatic N) is 1. The molecule has 0 atom stereocenters. The highest BCUT2D eigenvalue weighted by Gasteiger charge is 2.34. The largest absolute Gasteiger partial charge is 0.493 e. The summed E-state index contributed by atoms with van der Waals surface area (Å²) in [5.74, 6) is -0.0853. The van der Waals surface area contributed by atoms with Gasteiger partial charge in [-0.1, -0.05) is 24.3 Å². The number of ether oxygens (including phenoxy) is 1. The maximum absolute atomic E-state index is 12.5. The van der Waals surface area contributed by atoms with E-state index in [4.69, 9.17) is 4.74 Å². The van der Waals surface area contributed by atoms with Crippen molar-refractivity contribution in [3.8, 4) is 5.75 Å². The van der Waals surface area contributed by atoms with Crippen LogP contribution in [0.5, 0.6) is 5.75 Å². The van der Waals surface area contributed by atoms with Gasteiger partial charge in [-0.3, -0.25) is 15.0 Å². The summed E-state index contributed by atoms with van der Waals surface area (Å²) in [5.41, 5.74) is 4.02. The molecule has 1 fully saturated rings. The molecule has 3 rings (SSSR count). The summed E-state index contributed by atoms with van der Waals surface area (Å²) in [6.45, 7) is 2.47. The lowest BCUT2D eigenvalue weighted by Crippen LogP contribution is -2.35. The third kappa shape index (κ3) is 3.19. The first-order valence-corrected chi connectivity index (χ1v) is 8.24. The van der Waals surface area contributed by atoms with E-state index in [2.05, 4.69) is 21.4 Å². The number of hydrazine groups is 1. The van der Waals surface area contributed by atoms with E-state index in [9.17, 15) is 9.59 Å². The van der Waals surface area contributed by atoms with Crippen LogP contribution in [0, 0.1) is 0 Å². The van der Waals surface area contributed by atoms with Gasteiger partial charge >= 0.3 is 0 Å². The molecule has 1 heterocycles. The van der Waals surface area contributed by atoms with Gasteiger partial charge in [-0.2, -0.15) is 0 Å². The van der Waals surface area contributed by atoms with Crippen molar-refractivity contribution < 1.29 is 14.3 Å². The molecule has 6 heteroatoms. The average molecular weight is 387 g/mol. The second-order valence-electron chi connectivity index (χ2n) is 5.10. The Labute approximate surface area is 148 Å². The van der Waals surface area contributed by atoms with Crippen LogP contribution >= 0.6 is 15.9 Å². The zero-order valence-electron chi connectivity index (χ0n) is 13.0. The number of nitrogens with one attached hydrogen (secondary N) is 1. The van der Waals surface area contributed by atoms with Crippen LogP contribution in [0.3, 0.4) is 0 Å². The van der Waals surface area contributed by atoms with Crippen LogP contribution in [-0.2, 0) is 9.59 Å². The Balaban J connectivity index is 1.89. The summed E-state index contributed by atoms with van der Waals surface area (Å²) < 4.78 is 6.22. The Bertz CT molecular complexity index is 818. The highest BCUT2D eigenvalue weighted by atomic mass is 79.9. The molecule has 122 valence electrons. The molecule has 0 unspecified atom stereocenters. The Kier molecular flexibility index (Phi) is 4.66. The minimum Gasteiger partial charge on any atom is -0.493 e. The molecule has 1 aliphatic heterocycles. The maximum atomic E-state index is 12.5. The van der Waals surface area contributed by atoms with Gasteiger partial charge in [0.05, 0.1) is 16.8 Å². The summed E-state index contributed by atoms with van der Waals surface area (Å²) in [4.78, 5) is 24.7. The van der Waals surface area contributed by atoms with Crippen LogP contribution in [0.25, 0.3) is 6.08 Å². The van der Waals surface area contributed by atoms with Crippen LogP contribution < -0.4 is 15.2 Å². The maximum Gasteiger partial charge on any atom is 0.282 e. The Morgan fingerprint density at radius 3 is 2.58 bits per heavy atom. The number of carbonyl (C=O) groups excluding carboxylic acids is 2. The van der Waals surface area contributed by atoms with Gasteiger partial charge in [0.2, 0.25) is 0 Å². The van der Waals surface area contributed by atoms with Crippen molar-refractivity contribution in [2.24, 2.45) is 0 Å². The second-order valence-corrected chi connectivity index (χ2v) is 5.95. The molecule has 0 saturated carbocycles. The molecule has 0 aromatic heterocycles. The quantitative estimate of drug-likeness (QED) is 0.647. The fourth-order valence-electron chi connectivity index (χ4n) is 2.36. The fraction of sp³-hybridized carbons (Fsp3) is 0.111. The smallest absolute Gasteiger partial charge is 0.282 e. The highest BCUT2D eigenvalue weighted by molar-refractivity contribution is 9.10. The van der Waals surface area contributed by atoms with E-state index in [1.54, 1.807) is 42.5 Å². The zero-order chi connectivity index (χ0) is 17.1. The van der Waals surface area contributed by atoms with Crippen molar-refractivity contribution in [1.29, 1.82) is 0 Å². The summed E-state index contributed by atoms with van der Waals surface area (Å²) in [5, 5.41) is 1.25. The Morgan fingerprint density at radius 1 is 1.17 bits per heavy atom. The van der Waals surface area contributed by atoms with E-state index in [-0.39, 0.29) is 11.5 Å². The number of benzene rings is 2. The van der Waals surface area contributed by atoms with Crippen molar-refractivity contribution in [3.05, 3.63) is 64.1 Å². The number of amides is 2. The molecule has 1 N–H and O–H groups in total. The lowest BCUT2D eigenvalue weighted by molar-refractivity contribution is -0.117. The number of rotatable bonds is 4. The molecule has 0 radical (unpaired) electrons. The normalized spacial score (nSPS) is 15.8. The number of hydrogen-bond donors (Lipinski definition) is 1. The summed E-state index contributed by atoms with van der Waals surface area (Å²) >= 11 is 3.43. The molecular formula is C18H15BrN2O3. The third-order valence-electron chi connectivity index (χ3n) is 3.47. The van der Waals surface area contributed by atoms with Crippen LogP contribution in [-0.4, -0.2) is 18.4 Å². The van der Waals surface area contributed by atoms with E-state index < -0.39 is 5.91 Å². The van der Waals surface area contributed by atoms with Crippen molar-refractivity contribution in [3.63, 3.8) is 0 Å². The molecule has 2 aromatic rings. The minimum absolute atomic E-state index is 0.0925. The summed E-state index contributed by atoms with van der Waals surface area (Å²) in [7, 11) is 0. The number of hydrogen-bond acceptors (Lipinski definition) is 3. The van der Waals surface area contributed by atoms with E-state index in [0.717, 1.165) is 10.0 Å². The molecule has 0 bridgehead atoms. The first-order valence-electron chi connectivity index (χ1n) is 7.44. The zero-order valence-corrected chi connectivity index (χ0v) is 14.5. The monoisotopic (exact) mass is 386 g/mol. The van der Waals surface area contributed by atoms with Gasteiger partial charge in [0.1, 0.15) is 11.3 Å². The second kappa shape index (κ2) is 6.88. The van der Waals surface area contributed by atoms with Gasteiger partial charge in [0, 0.05) is 0 Å². The third-order valence-corrected chi connectivity index (χ3v) is 4.09. The van der Waals surface area contributed by atoms with Gasteiger partial charge < -0.3 is 4.74 Å². The van der Waals surface area contributed by atoms with E-state index in [1.807, 2.05) is 19.1 Å². The molecule has 2 aromatic carbocycles. The first kappa shape index (κ1) is 16.3. The number of carbonyl (C=O) groups is 2. The average Bonchev–Trinajstić information content (AvgIpc) is 2.86. The fourth-order valence-corrected chi connectivity index (χ4v) is 2.87. The molecule has 0 aliphatic carbocycles. The molecule has 0 spiro atoms. The molecule has 1 saturated heterocycles. The number of anilines is 1. The SMILES string of the molecule is CCOc1ccc(/C=C2/C(=O)NN(c3ccccc3)C2=O)cc1Br. The topological polar surface area (TPSA) is 58.6 Å². The minimum atomic E-state index is -0.422. The predicted octanol–water partition coefficient (Wildman–Crippen LogP) is 3.31. The summed E-state index contributed by atoms with van der Waals surface area (Å²) in [6, 6.07) is 14.4. The van der Waals surface area contributed by atoms with Crippen LogP contribution in [0.4, 0.5) is 5.69 Å². The lowest BCUT2D eigenvalue weighted by Gasteiger charge is -2.13. The molecule has 1 aliphatic rings.